The van der Waals surface area contributed by atoms with Crippen LogP contribution in [0.25, 0.3) is 0 Å². The Morgan fingerprint density at radius 1 is 1.03 bits per heavy atom. The molecule has 0 bridgehead atoms. The van der Waals surface area contributed by atoms with E-state index in [4.69, 9.17) is 26.1 Å². The first kappa shape index (κ1) is 25.9. The minimum atomic E-state index is -0.365. The Hall–Kier alpha value is -3.32. The molecule has 7 nitrogen and oxygen atoms in total. The number of amides is 1. The number of ether oxygens (including phenoxy) is 2. The van der Waals surface area contributed by atoms with Gasteiger partial charge in [0.1, 0.15) is 0 Å². The number of halogens is 1. The number of carbonyl (C=O) groups is 1. The number of hydrogen-bond donors (Lipinski definition) is 2. The lowest BCUT2D eigenvalue weighted by Crippen LogP contribution is -2.33. The lowest BCUT2D eigenvalue weighted by Gasteiger charge is -2.32. The van der Waals surface area contributed by atoms with Gasteiger partial charge in [0, 0.05) is 29.2 Å². The van der Waals surface area contributed by atoms with Gasteiger partial charge >= 0.3 is 0 Å². The number of benzene rings is 2. The maximum Gasteiger partial charge on any atom is 0.255 e. The van der Waals surface area contributed by atoms with Crippen molar-refractivity contribution in [1.82, 2.24) is 15.3 Å². The van der Waals surface area contributed by atoms with E-state index in [2.05, 4.69) is 34.7 Å². The Labute approximate surface area is 234 Å². The third kappa shape index (κ3) is 5.42. The highest BCUT2D eigenvalue weighted by Crippen LogP contribution is 2.47. The second-order valence-corrected chi connectivity index (χ2v) is 11.7. The van der Waals surface area contributed by atoms with Crippen molar-refractivity contribution in [2.24, 2.45) is 5.92 Å². The number of nitrogens with one attached hydrogen (secondary N) is 2. The summed E-state index contributed by atoms with van der Waals surface area (Å²) < 4.78 is 10.9. The summed E-state index contributed by atoms with van der Waals surface area (Å²) in [5, 5.41) is 7.39. The molecule has 8 heteroatoms. The summed E-state index contributed by atoms with van der Waals surface area (Å²) in [5.41, 5.74) is 3.04. The smallest absolute Gasteiger partial charge is 0.255 e. The van der Waals surface area contributed by atoms with Gasteiger partial charge in [0.05, 0.1) is 11.3 Å². The lowest BCUT2D eigenvalue weighted by molar-refractivity contribution is 0.0947. The molecule has 204 valence electrons. The average Bonchev–Trinajstić information content (AvgIpc) is 3.64. The zero-order chi connectivity index (χ0) is 26.8. The molecule has 2 fully saturated rings. The van der Waals surface area contributed by atoms with Crippen LogP contribution in [0.1, 0.15) is 85.5 Å². The molecule has 1 aliphatic heterocycles. The van der Waals surface area contributed by atoms with Crippen molar-refractivity contribution < 1.29 is 14.3 Å². The van der Waals surface area contributed by atoms with Gasteiger partial charge in [-0.2, -0.15) is 0 Å². The van der Waals surface area contributed by atoms with Crippen molar-refractivity contribution in [3.05, 3.63) is 76.1 Å². The van der Waals surface area contributed by atoms with Crippen LogP contribution in [0, 0.1) is 5.92 Å². The molecular weight excluding hydrogens is 512 g/mol. The molecule has 6 rings (SSSR count). The topological polar surface area (TPSA) is 85.4 Å². The predicted molar refractivity (Wildman–Crippen MR) is 152 cm³/mol. The summed E-state index contributed by atoms with van der Waals surface area (Å²) in [4.78, 5) is 23.5. The van der Waals surface area contributed by atoms with Crippen LogP contribution in [0.15, 0.2) is 48.7 Å². The molecule has 2 N–H and O–H groups in total. The molecule has 1 amide bonds. The van der Waals surface area contributed by atoms with E-state index < -0.39 is 0 Å². The molecule has 0 saturated heterocycles. The molecule has 39 heavy (non-hydrogen) atoms. The largest absolute Gasteiger partial charge is 0.454 e. The van der Waals surface area contributed by atoms with Crippen molar-refractivity contribution in [2.45, 2.75) is 76.3 Å². The molecule has 2 heterocycles. The van der Waals surface area contributed by atoms with E-state index in [1.165, 1.54) is 12.8 Å². The molecule has 0 atom stereocenters. The van der Waals surface area contributed by atoms with Crippen molar-refractivity contribution >= 4 is 23.5 Å². The van der Waals surface area contributed by atoms with E-state index in [-0.39, 0.29) is 18.1 Å². The maximum absolute atomic E-state index is 13.7. The highest BCUT2D eigenvalue weighted by atomic mass is 35.5. The summed E-state index contributed by atoms with van der Waals surface area (Å²) in [6.07, 6.45) is 10.4. The molecule has 2 aliphatic carbocycles. The zero-order valence-electron chi connectivity index (χ0n) is 22.3. The number of anilines is 1. The minimum Gasteiger partial charge on any atom is -0.454 e. The van der Waals surface area contributed by atoms with Gasteiger partial charge < -0.3 is 20.1 Å². The third-order valence-corrected chi connectivity index (χ3v) is 8.83. The van der Waals surface area contributed by atoms with Crippen molar-refractivity contribution in [3.8, 4) is 11.5 Å². The first-order chi connectivity index (χ1) is 19.0. The van der Waals surface area contributed by atoms with Crippen LogP contribution in [0.3, 0.4) is 0 Å². The highest BCUT2D eigenvalue weighted by Gasteiger charge is 2.42. The van der Waals surface area contributed by atoms with Crippen LogP contribution in [0.5, 0.6) is 11.5 Å². The fourth-order valence-corrected chi connectivity index (χ4v) is 6.43. The van der Waals surface area contributed by atoms with Gasteiger partial charge in [0.25, 0.3) is 5.91 Å². The number of nitrogens with zero attached hydrogens (tertiary/aromatic N) is 2. The summed E-state index contributed by atoms with van der Waals surface area (Å²) in [6.45, 7) is 2.90. The van der Waals surface area contributed by atoms with E-state index in [9.17, 15) is 4.79 Å². The fourth-order valence-electron chi connectivity index (χ4n) is 6.31. The average molecular weight is 547 g/mol. The molecule has 2 aromatic carbocycles. The van der Waals surface area contributed by atoms with E-state index in [0.717, 1.165) is 67.0 Å². The molecular formula is C31H35ClN4O3. The van der Waals surface area contributed by atoms with Crippen LogP contribution in [0.4, 0.5) is 5.95 Å². The van der Waals surface area contributed by atoms with Crippen molar-refractivity contribution in [2.75, 3.05) is 12.1 Å². The second-order valence-electron chi connectivity index (χ2n) is 11.2. The van der Waals surface area contributed by atoms with Crippen LogP contribution in [0.2, 0.25) is 5.02 Å². The lowest BCUT2D eigenvalue weighted by atomic mass is 9.74. The Balaban J connectivity index is 1.32. The number of hydrogen-bond acceptors (Lipinski definition) is 6. The molecule has 0 spiro atoms. The first-order valence-electron chi connectivity index (χ1n) is 14.1. The van der Waals surface area contributed by atoms with Gasteiger partial charge in [-0.3, -0.25) is 4.79 Å². The highest BCUT2D eigenvalue weighted by molar-refractivity contribution is 6.30. The Bertz CT molecular complexity index is 1330. The molecule has 0 unspecified atom stereocenters. The monoisotopic (exact) mass is 546 g/mol. The van der Waals surface area contributed by atoms with Crippen LogP contribution >= 0.6 is 11.6 Å². The molecule has 2 saturated carbocycles. The van der Waals surface area contributed by atoms with Gasteiger partial charge in [0.15, 0.2) is 11.5 Å². The molecule has 3 aromatic rings. The zero-order valence-corrected chi connectivity index (χ0v) is 23.1. The van der Waals surface area contributed by atoms with Gasteiger partial charge in [-0.25, -0.2) is 9.97 Å². The fraction of sp³-hybridized carbons (Fsp3) is 0.452. The van der Waals surface area contributed by atoms with Gasteiger partial charge in [0.2, 0.25) is 12.7 Å². The van der Waals surface area contributed by atoms with Crippen LogP contribution in [-0.2, 0) is 12.0 Å². The maximum atomic E-state index is 13.7. The first-order valence-corrected chi connectivity index (χ1v) is 14.4. The number of carbonyl (C=O) groups excluding carboxylic acids is 1. The Kier molecular flexibility index (Phi) is 7.34. The van der Waals surface area contributed by atoms with E-state index in [1.54, 1.807) is 6.20 Å². The van der Waals surface area contributed by atoms with Gasteiger partial charge in [-0.05, 0) is 79.8 Å². The van der Waals surface area contributed by atoms with E-state index in [1.807, 2.05) is 30.3 Å². The van der Waals surface area contributed by atoms with Crippen LogP contribution in [-0.4, -0.2) is 28.7 Å². The SMILES string of the molecule is CC1CCC(Nc2ncc(C(=O)NCc3ccc4c(c3)OCO4)c(C3(c4ccc(Cl)cc4)CCCC3)n2)CC1. The number of rotatable bonds is 7. The Morgan fingerprint density at radius 3 is 2.54 bits per heavy atom. The van der Waals surface area contributed by atoms with E-state index >= 15 is 0 Å². The number of fused-ring (bicyclic) bond motifs is 1. The van der Waals surface area contributed by atoms with Crippen molar-refractivity contribution in [1.29, 1.82) is 0 Å². The van der Waals surface area contributed by atoms with Gasteiger partial charge in [-0.15, -0.1) is 0 Å². The van der Waals surface area contributed by atoms with E-state index in [0.29, 0.717) is 34.9 Å². The van der Waals surface area contributed by atoms with Gasteiger partial charge in [-0.1, -0.05) is 49.6 Å². The molecule has 0 radical (unpaired) electrons. The normalized spacial score (nSPS) is 21.5. The third-order valence-electron chi connectivity index (χ3n) is 8.58. The molecule has 3 aliphatic rings. The summed E-state index contributed by atoms with van der Waals surface area (Å²) in [5.74, 6) is 2.62. The Morgan fingerprint density at radius 2 is 1.77 bits per heavy atom. The quantitative estimate of drug-likeness (QED) is 0.345. The molecule has 1 aromatic heterocycles. The second kappa shape index (κ2) is 11.0. The summed E-state index contributed by atoms with van der Waals surface area (Å²) in [6, 6.07) is 14.1. The minimum absolute atomic E-state index is 0.180. The van der Waals surface area contributed by atoms with Crippen LogP contribution < -0.4 is 20.1 Å². The summed E-state index contributed by atoms with van der Waals surface area (Å²) >= 11 is 6.25. The predicted octanol–water partition coefficient (Wildman–Crippen LogP) is 6.64. The number of aromatic nitrogens is 2. The van der Waals surface area contributed by atoms with Crippen molar-refractivity contribution in [3.63, 3.8) is 0 Å². The summed E-state index contributed by atoms with van der Waals surface area (Å²) in [7, 11) is 0. The standard InChI is InChI=1S/C31H35ClN4O3/c1-20-4-11-24(12-5-20)35-30-34-18-25(29(37)33-17-21-6-13-26-27(16-21)39-19-38-26)28(36-30)31(14-2-3-15-31)22-7-9-23(32)10-8-22/h6-10,13,16,18,20,24H,2-5,11-12,14-15,17,19H2,1H3,(H,33,37)(H,34,35,36).